The monoisotopic (exact) mass is 1080 g/mol. The third kappa shape index (κ3) is 10.4. The molecule has 2 bridgehead atoms. The van der Waals surface area contributed by atoms with Crippen LogP contribution >= 0.6 is 0 Å². The summed E-state index contributed by atoms with van der Waals surface area (Å²) in [6, 6.07) is 15.5. The molecule has 0 saturated carbocycles. The number of quaternary nitrogens is 2. The molecule has 0 amide bonds. The molecule has 1 spiro atoms. The second kappa shape index (κ2) is 23.9. The number of rotatable bonds is 25. The number of carbonyl (C=O) groups excluding carboxylic acids is 1. The summed E-state index contributed by atoms with van der Waals surface area (Å²) in [5, 5.41) is 0. The smallest absolute Gasteiger partial charge is 0.311 e. The zero-order valence-corrected chi connectivity index (χ0v) is 45.1. The van der Waals surface area contributed by atoms with Crippen molar-refractivity contribution in [2.45, 2.75) is 107 Å². The molecule has 0 radical (unpaired) electrons. The molecule has 5 aliphatic rings. The van der Waals surface area contributed by atoms with Crippen molar-refractivity contribution >= 4 is 5.97 Å². The van der Waals surface area contributed by atoms with Gasteiger partial charge in [-0.3, -0.25) is 4.79 Å². The Bertz CT molecular complexity index is 2290. The van der Waals surface area contributed by atoms with Crippen molar-refractivity contribution in [2.24, 2.45) is 5.92 Å². The third-order valence-electron chi connectivity index (χ3n) is 16.5. The van der Waals surface area contributed by atoms with Crippen LogP contribution in [0.1, 0.15) is 91.6 Å². The predicted octanol–water partition coefficient (Wildman–Crippen LogP) is 3.48. The normalized spacial score (nSPS) is 26.4. The van der Waals surface area contributed by atoms with Crippen molar-refractivity contribution < 1.29 is 85.6 Å². The molecule has 0 aromatic heterocycles. The highest BCUT2D eigenvalue weighted by Gasteiger charge is 2.68. The zero-order valence-electron chi connectivity index (χ0n) is 41.9. The van der Waals surface area contributed by atoms with Gasteiger partial charge >= 0.3 is 5.97 Å². The molecule has 3 unspecified atom stereocenters. The predicted molar refractivity (Wildman–Crippen MR) is 262 cm³/mol. The maximum absolute atomic E-state index is 13.4. The van der Waals surface area contributed by atoms with E-state index in [0.717, 1.165) is 134 Å². The van der Waals surface area contributed by atoms with Crippen molar-refractivity contribution in [3.8, 4) is 34.5 Å². The highest BCUT2D eigenvalue weighted by Crippen LogP contribution is 2.64. The summed E-state index contributed by atoms with van der Waals surface area (Å²) >= 11 is 0. The maximum atomic E-state index is 13.4. The molecule has 1 fully saturated rings. The molecule has 3 heterocycles. The number of ether oxygens (including phenoxy) is 8. The van der Waals surface area contributed by atoms with Crippen LogP contribution in [0, 0.1) is 5.92 Å². The Morgan fingerprint density at radius 3 is 2.07 bits per heavy atom. The van der Waals surface area contributed by atoms with Crippen LogP contribution in [0.2, 0.25) is 0 Å². The number of unbranched alkanes of at least 4 members (excludes halogenated alkanes) is 6. The highest BCUT2D eigenvalue weighted by atomic mass is 79.9. The lowest BCUT2D eigenvalue weighted by Gasteiger charge is -2.61. The number of hydrogen-bond acceptors (Lipinski definition) is 9. The fourth-order valence-corrected chi connectivity index (χ4v) is 13.2. The van der Waals surface area contributed by atoms with Gasteiger partial charge in [-0.25, -0.2) is 0 Å². The van der Waals surface area contributed by atoms with Gasteiger partial charge in [0.1, 0.15) is 24.3 Å². The summed E-state index contributed by atoms with van der Waals surface area (Å²) in [4.78, 5) is 13.4. The van der Waals surface area contributed by atoms with Crippen LogP contribution in [0.4, 0.5) is 0 Å². The molecule has 1 saturated heterocycles. The van der Waals surface area contributed by atoms with Gasteiger partial charge in [-0.05, 0) is 78.4 Å². The van der Waals surface area contributed by atoms with Crippen molar-refractivity contribution in [2.75, 3.05) is 88.5 Å². The largest absolute Gasteiger partial charge is 1.00 e. The standard InChI is InChI=1S/C56H76N2O9.2BrH/c1-9-27-57(30-24-40-37-50(64-7)51(65-8)38-42(40)44(57)34-39-18-21-46(60-3)49(35-39)63-6)29-16-14-12-11-13-15-17-33-66-52(59)25-31-58(28-10-2)32-26-56-43-20-23-48(62-5)55(56)67-54-47(61-4)22-19-41(53(54)56)36-45(43)58;;/h9-10,18-23,35,37-38,43-45,48,55H,1-2,11-17,24-34,36H2,3-8H3;2*1H/q+2;;/p-2/t43?,44-,45-,48+,55+,56+,57?,58?;;/m1../s1. The first-order chi connectivity index (χ1) is 32.7. The summed E-state index contributed by atoms with van der Waals surface area (Å²) in [5.41, 5.74) is 6.35. The molecule has 3 aromatic carbocycles. The SMILES string of the molecule is C=CC[N+]1(CCCCCCCCCOC(=O)CC[N+]2(CC=C)CC[C@]34c5c6ccc(OC)c5O[C@H]3[C@@H](OC)C=CC4[C@H]2C6)CCc2cc(OC)c(OC)cc2[C@H]1Cc1ccc(OC)c(OC)c1.[Br-].[Br-]. The molecular weight excluding hydrogens is 1000 g/mol. The number of carbonyl (C=O) groups is 1. The van der Waals surface area contributed by atoms with Crippen LogP contribution in [-0.2, 0) is 38.9 Å². The first-order valence-electron chi connectivity index (χ1n) is 24.8. The molecule has 11 nitrogen and oxygen atoms in total. The van der Waals surface area contributed by atoms with Crippen LogP contribution in [0.15, 0.2) is 79.9 Å². The van der Waals surface area contributed by atoms with E-state index in [1.807, 2.05) is 12.1 Å². The first-order valence-corrected chi connectivity index (χ1v) is 24.8. The fraction of sp³-hybridized carbons (Fsp3) is 0.554. The number of methoxy groups -OCH3 is 6. The Morgan fingerprint density at radius 2 is 1.38 bits per heavy atom. The van der Waals surface area contributed by atoms with Crippen molar-refractivity contribution in [1.29, 1.82) is 0 Å². The van der Waals surface area contributed by atoms with Gasteiger partial charge < -0.3 is 80.8 Å². The maximum Gasteiger partial charge on any atom is 0.311 e. The summed E-state index contributed by atoms with van der Waals surface area (Å²) in [6.45, 7) is 14.5. The summed E-state index contributed by atoms with van der Waals surface area (Å²) in [5.74, 6) is 4.89. The summed E-state index contributed by atoms with van der Waals surface area (Å²) in [6.07, 6.45) is 20.4. The third-order valence-corrected chi connectivity index (χ3v) is 16.5. The molecule has 69 heavy (non-hydrogen) atoms. The minimum atomic E-state index is -0.169. The van der Waals surface area contributed by atoms with Crippen LogP contribution in [-0.4, -0.2) is 122 Å². The molecule has 8 atom stereocenters. The van der Waals surface area contributed by atoms with Crippen molar-refractivity contribution in [3.05, 3.63) is 108 Å². The quantitative estimate of drug-likeness (QED) is 0.0549. The van der Waals surface area contributed by atoms with Gasteiger partial charge in [-0.2, -0.15) is 0 Å². The lowest BCUT2D eigenvalue weighted by atomic mass is 9.52. The average Bonchev–Trinajstić information content (AvgIpc) is 3.71. The van der Waals surface area contributed by atoms with Gasteiger partial charge in [0.25, 0.3) is 0 Å². The second-order valence-electron chi connectivity index (χ2n) is 19.6. The lowest BCUT2D eigenvalue weighted by molar-refractivity contribution is -0.955. The van der Waals surface area contributed by atoms with E-state index < -0.39 is 0 Å². The van der Waals surface area contributed by atoms with Gasteiger partial charge in [0.15, 0.2) is 34.5 Å². The van der Waals surface area contributed by atoms with Crippen LogP contribution in [0.5, 0.6) is 34.5 Å². The Labute approximate surface area is 432 Å². The van der Waals surface area contributed by atoms with Gasteiger partial charge in [-0.15, -0.1) is 0 Å². The van der Waals surface area contributed by atoms with E-state index in [0.29, 0.717) is 19.1 Å². The van der Waals surface area contributed by atoms with E-state index in [1.54, 1.807) is 42.7 Å². The van der Waals surface area contributed by atoms with Gasteiger partial charge in [-0.1, -0.05) is 63.1 Å². The number of fused-ring (bicyclic) bond motifs is 1. The summed E-state index contributed by atoms with van der Waals surface area (Å²) in [7, 11) is 10.3. The Hall–Kier alpha value is -4.01. The molecule has 0 N–H and O–H groups in total. The van der Waals surface area contributed by atoms with Crippen LogP contribution in [0.3, 0.4) is 0 Å². The van der Waals surface area contributed by atoms with E-state index in [9.17, 15) is 4.79 Å². The Morgan fingerprint density at radius 1 is 0.725 bits per heavy atom. The van der Waals surface area contributed by atoms with Crippen molar-refractivity contribution in [3.63, 3.8) is 0 Å². The molecule has 378 valence electrons. The minimum absolute atomic E-state index is 0. The number of piperidine rings is 1. The first kappa shape index (κ1) is 54.3. The van der Waals surface area contributed by atoms with E-state index in [1.165, 1.54) is 47.1 Å². The number of nitrogens with zero attached hydrogens (tertiary/aromatic N) is 2. The molecule has 3 aliphatic heterocycles. The topological polar surface area (TPSA) is 90.9 Å². The van der Waals surface area contributed by atoms with E-state index in [-0.39, 0.29) is 69.5 Å². The Kier molecular flexibility index (Phi) is 18.8. The van der Waals surface area contributed by atoms with Gasteiger partial charge in [0.05, 0.1) is 93.3 Å². The fourth-order valence-electron chi connectivity index (χ4n) is 13.2. The van der Waals surface area contributed by atoms with E-state index >= 15 is 0 Å². The molecular formula is C56H76Br2N2O9. The van der Waals surface area contributed by atoms with E-state index in [4.69, 9.17) is 37.9 Å². The van der Waals surface area contributed by atoms with E-state index in [2.05, 4.69) is 67.8 Å². The van der Waals surface area contributed by atoms with Crippen LogP contribution < -0.4 is 62.4 Å². The number of esters is 1. The Balaban J connectivity index is 0.00000391. The highest BCUT2D eigenvalue weighted by molar-refractivity contribution is 5.69. The number of benzene rings is 3. The molecule has 8 rings (SSSR count). The van der Waals surface area contributed by atoms with Gasteiger partial charge in [0, 0.05) is 49.8 Å². The number of hydrogen-bond donors (Lipinski definition) is 0. The number of halogens is 2. The molecule has 3 aromatic rings. The van der Waals surface area contributed by atoms with Gasteiger partial charge in [0.2, 0.25) is 0 Å². The zero-order chi connectivity index (χ0) is 47.2. The average molecular weight is 1080 g/mol. The molecule has 2 aliphatic carbocycles. The summed E-state index contributed by atoms with van der Waals surface area (Å²) < 4.78 is 49.1. The minimum Gasteiger partial charge on any atom is -1.00 e. The van der Waals surface area contributed by atoms with Crippen LogP contribution in [0.25, 0.3) is 0 Å². The lowest BCUT2D eigenvalue weighted by Crippen LogP contribution is -3.00. The second-order valence-corrected chi connectivity index (χ2v) is 19.6. The van der Waals surface area contributed by atoms with Crippen molar-refractivity contribution in [1.82, 2.24) is 0 Å². The molecule has 13 heteroatoms. The number of likely N-dealkylation sites (tertiary alicyclic amines) is 1.